The topological polar surface area (TPSA) is 88.8 Å². The van der Waals surface area contributed by atoms with E-state index < -0.39 is 11.4 Å². The summed E-state index contributed by atoms with van der Waals surface area (Å²) in [7, 11) is 0. The van der Waals surface area contributed by atoms with Gasteiger partial charge in [0, 0.05) is 19.8 Å². The van der Waals surface area contributed by atoms with Crippen LogP contribution in [-0.4, -0.2) is 36.7 Å². The molecule has 6 heteroatoms. The molecule has 18 heavy (non-hydrogen) atoms. The number of carbonyl (C=O) groups is 2. The highest BCUT2D eigenvalue weighted by Crippen LogP contribution is 2.30. The first-order valence-corrected chi connectivity index (χ1v) is 5.76. The number of carboxylic acid groups (broad SMARTS) is 1. The lowest BCUT2D eigenvalue weighted by Crippen LogP contribution is -2.46. The highest BCUT2D eigenvalue weighted by atomic mass is 16.5. The number of amides is 1. The van der Waals surface area contributed by atoms with Crippen LogP contribution < -0.4 is 5.32 Å². The van der Waals surface area contributed by atoms with Gasteiger partial charge >= 0.3 is 5.97 Å². The van der Waals surface area contributed by atoms with Crippen LogP contribution in [0.2, 0.25) is 0 Å². The number of hydrogen-bond acceptors (Lipinski definition) is 4. The van der Waals surface area contributed by atoms with Gasteiger partial charge < -0.3 is 19.6 Å². The van der Waals surface area contributed by atoms with Crippen molar-refractivity contribution in [2.75, 3.05) is 19.8 Å². The van der Waals surface area contributed by atoms with Crippen LogP contribution in [0.3, 0.4) is 0 Å². The van der Waals surface area contributed by atoms with Gasteiger partial charge in [0.15, 0.2) is 0 Å². The number of aliphatic carboxylic acids is 1. The quantitative estimate of drug-likeness (QED) is 0.831. The number of ether oxygens (including phenoxy) is 1. The third-order valence-electron chi connectivity index (χ3n) is 3.27. The van der Waals surface area contributed by atoms with E-state index in [9.17, 15) is 14.7 Å². The van der Waals surface area contributed by atoms with E-state index >= 15 is 0 Å². The van der Waals surface area contributed by atoms with Gasteiger partial charge in [0.05, 0.1) is 17.2 Å². The molecular formula is C12H15NO5. The number of hydrogen-bond donors (Lipinski definition) is 2. The average molecular weight is 253 g/mol. The average Bonchev–Trinajstić information content (AvgIpc) is 2.91. The molecule has 0 aromatic carbocycles. The monoisotopic (exact) mass is 253 g/mol. The van der Waals surface area contributed by atoms with Gasteiger partial charge in [0.1, 0.15) is 6.26 Å². The molecule has 2 heterocycles. The summed E-state index contributed by atoms with van der Waals surface area (Å²) in [5, 5.41) is 11.9. The van der Waals surface area contributed by atoms with Crippen LogP contribution in [-0.2, 0) is 9.53 Å². The fourth-order valence-electron chi connectivity index (χ4n) is 1.97. The third-order valence-corrected chi connectivity index (χ3v) is 3.27. The molecule has 0 atom stereocenters. The van der Waals surface area contributed by atoms with Gasteiger partial charge in [-0.25, -0.2) is 0 Å². The van der Waals surface area contributed by atoms with Crippen molar-refractivity contribution in [2.24, 2.45) is 5.41 Å². The van der Waals surface area contributed by atoms with Gasteiger partial charge in [-0.3, -0.25) is 9.59 Å². The maximum atomic E-state index is 11.7. The summed E-state index contributed by atoms with van der Waals surface area (Å²) in [6, 6.07) is 1.53. The molecule has 0 spiro atoms. The summed E-state index contributed by atoms with van der Waals surface area (Å²) in [6.45, 7) is 0.928. The van der Waals surface area contributed by atoms with Gasteiger partial charge in [0.2, 0.25) is 0 Å². The number of nitrogens with one attached hydrogen (secondary N) is 1. The number of carboxylic acids is 1. The Morgan fingerprint density at radius 3 is 2.67 bits per heavy atom. The van der Waals surface area contributed by atoms with Crippen molar-refractivity contribution in [1.82, 2.24) is 5.32 Å². The molecule has 2 N–H and O–H groups in total. The lowest BCUT2D eigenvalue weighted by Gasteiger charge is -2.33. The summed E-state index contributed by atoms with van der Waals surface area (Å²) < 4.78 is 9.97. The zero-order chi connectivity index (χ0) is 13.0. The molecule has 0 saturated carbocycles. The molecule has 1 aromatic rings. The lowest BCUT2D eigenvalue weighted by atomic mass is 9.80. The third kappa shape index (κ3) is 2.53. The SMILES string of the molecule is O=C(NCC1(C(=O)O)CCOCC1)c1ccoc1. The molecule has 0 radical (unpaired) electrons. The Hall–Kier alpha value is -1.82. The Balaban J connectivity index is 1.98. The standard InChI is InChI=1S/C12H15NO5/c14-10(9-1-4-18-7-9)13-8-12(11(15)16)2-5-17-6-3-12/h1,4,7H,2-3,5-6,8H2,(H,13,14)(H,15,16). The molecular weight excluding hydrogens is 238 g/mol. The van der Waals surface area contributed by atoms with E-state index in [4.69, 9.17) is 9.15 Å². The summed E-state index contributed by atoms with van der Waals surface area (Å²) in [6.07, 6.45) is 3.55. The maximum absolute atomic E-state index is 11.7. The molecule has 1 aliphatic rings. The van der Waals surface area contributed by atoms with Crippen LogP contribution >= 0.6 is 0 Å². The number of furan rings is 1. The number of carbonyl (C=O) groups excluding carboxylic acids is 1. The minimum atomic E-state index is -0.919. The molecule has 6 nitrogen and oxygen atoms in total. The molecule has 1 saturated heterocycles. The molecule has 98 valence electrons. The van der Waals surface area contributed by atoms with Crippen LogP contribution in [0.4, 0.5) is 0 Å². The van der Waals surface area contributed by atoms with Crippen molar-refractivity contribution < 1.29 is 23.8 Å². The Morgan fingerprint density at radius 1 is 1.39 bits per heavy atom. The van der Waals surface area contributed by atoms with Gasteiger partial charge in [-0.05, 0) is 18.9 Å². The largest absolute Gasteiger partial charge is 0.481 e. The van der Waals surface area contributed by atoms with Crippen molar-refractivity contribution in [3.63, 3.8) is 0 Å². The molecule has 0 aliphatic carbocycles. The van der Waals surface area contributed by atoms with Crippen LogP contribution in [0.1, 0.15) is 23.2 Å². The Kier molecular flexibility index (Phi) is 3.66. The van der Waals surface area contributed by atoms with E-state index in [1.807, 2.05) is 0 Å². The summed E-state index contributed by atoms with van der Waals surface area (Å²) >= 11 is 0. The molecule has 1 amide bonds. The summed E-state index contributed by atoms with van der Waals surface area (Å²) in [5.41, 5.74) is -0.528. The van der Waals surface area contributed by atoms with E-state index in [1.54, 1.807) is 0 Å². The Morgan fingerprint density at radius 2 is 2.11 bits per heavy atom. The van der Waals surface area contributed by atoms with E-state index in [-0.39, 0.29) is 12.5 Å². The highest BCUT2D eigenvalue weighted by molar-refractivity contribution is 5.94. The van der Waals surface area contributed by atoms with Gasteiger partial charge in [-0.2, -0.15) is 0 Å². The van der Waals surface area contributed by atoms with Crippen molar-refractivity contribution in [2.45, 2.75) is 12.8 Å². The second-order valence-electron chi connectivity index (χ2n) is 4.39. The van der Waals surface area contributed by atoms with E-state index in [0.717, 1.165) is 0 Å². The van der Waals surface area contributed by atoms with Gasteiger partial charge in [0.25, 0.3) is 5.91 Å². The normalized spacial score (nSPS) is 18.2. The predicted molar refractivity (Wildman–Crippen MR) is 61.2 cm³/mol. The zero-order valence-corrected chi connectivity index (χ0v) is 9.85. The highest BCUT2D eigenvalue weighted by Gasteiger charge is 2.40. The Labute approximate surface area is 104 Å². The first kappa shape index (κ1) is 12.6. The molecule has 0 unspecified atom stereocenters. The van der Waals surface area contributed by atoms with Crippen LogP contribution in [0.5, 0.6) is 0 Å². The summed E-state index contributed by atoms with van der Waals surface area (Å²) in [5.74, 6) is -1.21. The van der Waals surface area contributed by atoms with Crippen LogP contribution in [0, 0.1) is 5.41 Å². The van der Waals surface area contributed by atoms with Crippen molar-refractivity contribution in [1.29, 1.82) is 0 Å². The smallest absolute Gasteiger partial charge is 0.311 e. The fraction of sp³-hybridized carbons (Fsp3) is 0.500. The second-order valence-corrected chi connectivity index (χ2v) is 4.39. The molecule has 0 bridgehead atoms. The van der Waals surface area contributed by atoms with Crippen LogP contribution in [0.15, 0.2) is 23.0 Å². The first-order valence-electron chi connectivity index (χ1n) is 5.76. The van der Waals surface area contributed by atoms with Gasteiger partial charge in [-0.15, -0.1) is 0 Å². The lowest BCUT2D eigenvalue weighted by molar-refractivity contribution is -0.154. The minimum absolute atomic E-state index is 0.107. The van der Waals surface area contributed by atoms with Crippen molar-refractivity contribution in [3.05, 3.63) is 24.2 Å². The van der Waals surface area contributed by atoms with E-state index in [1.165, 1.54) is 18.6 Å². The van der Waals surface area contributed by atoms with Crippen molar-refractivity contribution >= 4 is 11.9 Å². The Bertz CT molecular complexity index is 420. The van der Waals surface area contributed by atoms with E-state index in [0.29, 0.717) is 31.6 Å². The van der Waals surface area contributed by atoms with Crippen LogP contribution in [0.25, 0.3) is 0 Å². The first-order chi connectivity index (χ1) is 8.64. The second kappa shape index (κ2) is 5.22. The van der Waals surface area contributed by atoms with E-state index in [2.05, 4.69) is 5.32 Å². The van der Waals surface area contributed by atoms with Crippen molar-refractivity contribution in [3.8, 4) is 0 Å². The summed E-state index contributed by atoms with van der Waals surface area (Å²) in [4.78, 5) is 23.1. The zero-order valence-electron chi connectivity index (χ0n) is 9.85. The van der Waals surface area contributed by atoms with Gasteiger partial charge in [-0.1, -0.05) is 0 Å². The fourth-order valence-corrected chi connectivity index (χ4v) is 1.97. The number of rotatable bonds is 4. The minimum Gasteiger partial charge on any atom is -0.481 e. The molecule has 2 rings (SSSR count). The maximum Gasteiger partial charge on any atom is 0.311 e. The molecule has 1 aromatic heterocycles. The predicted octanol–water partition coefficient (Wildman–Crippen LogP) is 0.891. The molecule has 1 aliphatic heterocycles. The molecule has 1 fully saturated rings.